The molecule has 0 spiro atoms. The van der Waals surface area contributed by atoms with Gasteiger partial charge in [-0.2, -0.15) is 0 Å². The van der Waals surface area contributed by atoms with Gasteiger partial charge in [-0.1, -0.05) is 38.4 Å². The molecule has 0 saturated heterocycles. The number of hydrogen-bond acceptors (Lipinski definition) is 2. The van der Waals surface area contributed by atoms with Crippen LogP contribution >= 0.6 is 24.0 Å². The van der Waals surface area contributed by atoms with Gasteiger partial charge >= 0.3 is 0 Å². The highest BCUT2D eigenvalue weighted by Gasteiger charge is 2.29. The van der Waals surface area contributed by atoms with E-state index in [-0.39, 0.29) is 22.8 Å². The molecule has 0 radical (unpaired) electrons. The summed E-state index contributed by atoms with van der Waals surface area (Å²) in [6.45, 7) is 5.64. The molecule has 0 aliphatic carbocycles. The highest BCUT2D eigenvalue weighted by molar-refractivity contribution is 6.30. The fraction of sp³-hybridized carbons (Fsp3) is 0.500. The molecule has 2 nitrogen and oxygen atoms in total. The van der Waals surface area contributed by atoms with Gasteiger partial charge in [0.1, 0.15) is 5.82 Å². The van der Waals surface area contributed by atoms with Gasteiger partial charge in [-0.3, -0.25) is 0 Å². The first-order valence-corrected chi connectivity index (χ1v) is 5.50. The van der Waals surface area contributed by atoms with E-state index in [1.54, 1.807) is 6.07 Å². The maximum Gasteiger partial charge on any atom is 0.142 e. The van der Waals surface area contributed by atoms with Crippen molar-refractivity contribution in [2.75, 3.05) is 0 Å². The van der Waals surface area contributed by atoms with Gasteiger partial charge in [-0.25, -0.2) is 4.39 Å². The molecule has 0 aliphatic rings. The zero-order valence-electron chi connectivity index (χ0n) is 10.1. The van der Waals surface area contributed by atoms with Crippen LogP contribution in [0.5, 0.6) is 0 Å². The van der Waals surface area contributed by atoms with Crippen molar-refractivity contribution in [2.45, 2.75) is 32.9 Å². The van der Waals surface area contributed by atoms with E-state index in [9.17, 15) is 9.50 Å². The molecule has 0 unspecified atom stereocenters. The summed E-state index contributed by atoms with van der Waals surface area (Å²) < 4.78 is 13.2. The Kier molecular flexibility index (Phi) is 5.88. The Morgan fingerprint density at radius 3 is 2.29 bits per heavy atom. The number of aliphatic hydroxyl groups excluding tert-OH is 1. The lowest BCUT2D eigenvalue weighted by Gasteiger charge is -2.31. The summed E-state index contributed by atoms with van der Waals surface area (Å²) in [6.07, 6.45) is -0.743. The predicted molar refractivity (Wildman–Crippen MR) is 71.0 cm³/mol. The minimum atomic E-state index is -0.743. The Bertz CT molecular complexity index is 379. The van der Waals surface area contributed by atoms with Crippen LogP contribution in [0.4, 0.5) is 4.39 Å². The SMILES string of the molecule is CC(C)(C)[C@@H](O)[C@@H](N)c1ccc(Cl)c(F)c1.Cl. The fourth-order valence-corrected chi connectivity index (χ4v) is 1.56. The van der Waals surface area contributed by atoms with E-state index in [1.807, 2.05) is 20.8 Å². The summed E-state index contributed by atoms with van der Waals surface area (Å²) in [7, 11) is 0. The minimum Gasteiger partial charge on any atom is -0.391 e. The van der Waals surface area contributed by atoms with Crippen LogP contribution in [0.3, 0.4) is 0 Å². The van der Waals surface area contributed by atoms with Crippen LogP contribution in [0.1, 0.15) is 32.4 Å². The van der Waals surface area contributed by atoms with Gasteiger partial charge in [0, 0.05) is 0 Å². The molecule has 0 bridgehead atoms. The molecule has 0 fully saturated rings. The second-order valence-corrected chi connectivity index (χ2v) is 5.42. The van der Waals surface area contributed by atoms with E-state index in [0.717, 1.165) is 0 Å². The first-order valence-electron chi connectivity index (χ1n) is 5.12. The Morgan fingerprint density at radius 1 is 1.35 bits per heavy atom. The predicted octanol–water partition coefficient (Wildman–Crippen LogP) is 3.31. The molecule has 98 valence electrons. The lowest BCUT2D eigenvalue weighted by molar-refractivity contribution is 0.0400. The van der Waals surface area contributed by atoms with Crippen molar-refractivity contribution in [3.63, 3.8) is 0 Å². The highest BCUT2D eigenvalue weighted by atomic mass is 35.5. The van der Waals surface area contributed by atoms with Gasteiger partial charge in [0.25, 0.3) is 0 Å². The summed E-state index contributed by atoms with van der Waals surface area (Å²) in [6, 6.07) is 3.72. The highest BCUT2D eigenvalue weighted by Crippen LogP contribution is 2.29. The number of halogens is 3. The van der Waals surface area contributed by atoms with Crippen LogP contribution < -0.4 is 5.73 Å². The van der Waals surface area contributed by atoms with Crippen LogP contribution in [0.15, 0.2) is 18.2 Å². The summed E-state index contributed by atoms with van der Waals surface area (Å²) in [4.78, 5) is 0. The fourth-order valence-electron chi connectivity index (χ4n) is 1.44. The van der Waals surface area contributed by atoms with E-state index in [2.05, 4.69) is 0 Å². The number of aliphatic hydroxyl groups is 1. The zero-order chi connectivity index (χ0) is 12.5. The lowest BCUT2D eigenvalue weighted by atomic mass is 9.82. The topological polar surface area (TPSA) is 46.2 Å². The number of benzene rings is 1. The molecule has 1 rings (SSSR count). The molecule has 1 aromatic carbocycles. The third kappa shape index (κ3) is 4.11. The second kappa shape index (κ2) is 6.01. The number of rotatable bonds is 2. The van der Waals surface area contributed by atoms with E-state index in [1.165, 1.54) is 12.1 Å². The maximum absolute atomic E-state index is 13.2. The molecule has 0 amide bonds. The Hall–Kier alpha value is -0.350. The van der Waals surface area contributed by atoms with Crippen LogP contribution in [-0.4, -0.2) is 11.2 Å². The third-order valence-corrected chi connectivity index (χ3v) is 2.86. The summed E-state index contributed by atoms with van der Waals surface area (Å²) in [5.74, 6) is -0.518. The molecule has 2 atom stereocenters. The van der Waals surface area contributed by atoms with Crippen molar-refractivity contribution in [1.82, 2.24) is 0 Å². The summed E-state index contributed by atoms with van der Waals surface area (Å²) >= 11 is 5.58. The van der Waals surface area contributed by atoms with Gasteiger partial charge in [0.2, 0.25) is 0 Å². The molecule has 0 aliphatic heterocycles. The monoisotopic (exact) mass is 281 g/mol. The minimum absolute atomic E-state index is 0. The summed E-state index contributed by atoms with van der Waals surface area (Å²) in [5.41, 5.74) is 6.08. The smallest absolute Gasteiger partial charge is 0.142 e. The van der Waals surface area contributed by atoms with E-state index < -0.39 is 18.0 Å². The third-order valence-electron chi connectivity index (χ3n) is 2.56. The van der Waals surface area contributed by atoms with Crippen molar-refractivity contribution in [1.29, 1.82) is 0 Å². The Balaban J connectivity index is 0.00000256. The first-order chi connectivity index (χ1) is 7.23. The van der Waals surface area contributed by atoms with Gasteiger partial charge in [-0.15, -0.1) is 12.4 Å². The number of hydrogen-bond donors (Lipinski definition) is 2. The van der Waals surface area contributed by atoms with Crippen LogP contribution in [0, 0.1) is 11.2 Å². The van der Waals surface area contributed by atoms with Gasteiger partial charge in [0.05, 0.1) is 17.2 Å². The average molecular weight is 282 g/mol. The zero-order valence-corrected chi connectivity index (χ0v) is 11.6. The Labute approximate surface area is 112 Å². The average Bonchev–Trinajstić information content (AvgIpc) is 2.18. The van der Waals surface area contributed by atoms with Crippen molar-refractivity contribution in [3.8, 4) is 0 Å². The molecule has 1 aromatic rings. The van der Waals surface area contributed by atoms with Crippen molar-refractivity contribution < 1.29 is 9.50 Å². The molecule has 17 heavy (non-hydrogen) atoms. The van der Waals surface area contributed by atoms with Crippen LogP contribution in [0.2, 0.25) is 5.02 Å². The number of nitrogens with two attached hydrogens (primary N) is 1. The standard InChI is InChI=1S/C12H17ClFNO.ClH/c1-12(2,3)11(16)10(15)7-4-5-8(13)9(14)6-7;/h4-6,10-11,16H,15H2,1-3H3;1H/t10-,11-;/m0./s1. The Morgan fingerprint density at radius 2 is 1.88 bits per heavy atom. The van der Waals surface area contributed by atoms with Crippen molar-refractivity contribution >= 4 is 24.0 Å². The maximum atomic E-state index is 13.2. The molecule has 0 saturated carbocycles. The van der Waals surface area contributed by atoms with E-state index in [4.69, 9.17) is 17.3 Å². The largest absolute Gasteiger partial charge is 0.391 e. The first kappa shape index (κ1) is 16.6. The normalized spacial score (nSPS) is 15.0. The van der Waals surface area contributed by atoms with E-state index in [0.29, 0.717) is 5.56 Å². The van der Waals surface area contributed by atoms with Gasteiger partial charge in [0.15, 0.2) is 0 Å². The quantitative estimate of drug-likeness (QED) is 0.874. The van der Waals surface area contributed by atoms with Crippen molar-refractivity contribution in [2.24, 2.45) is 11.1 Å². The molecule has 0 heterocycles. The molecule has 5 heteroatoms. The molecule has 3 N–H and O–H groups in total. The van der Waals surface area contributed by atoms with E-state index >= 15 is 0 Å². The van der Waals surface area contributed by atoms with Gasteiger partial charge < -0.3 is 10.8 Å². The van der Waals surface area contributed by atoms with Crippen LogP contribution in [0.25, 0.3) is 0 Å². The van der Waals surface area contributed by atoms with Crippen LogP contribution in [-0.2, 0) is 0 Å². The van der Waals surface area contributed by atoms with Gasteiger partial charge in [-0.05, 0) is 23.1 Å². The molecular weight excluding hydrogens is 264 g/mol. The summed E-state index contributed by atoms with van der Waals surface area (Å²) in [5, 5.41) is 10.0. The molecular formula is C12H18Cl2FNO. The lowest BCUT2D eigenvalue weighted by Crippen LogP contribution is -2.37. The second-order valence-electron chi connectivity index (χ2n) is 5.01. The van der Waals surface area contributed by atoms with Crippen molar-refractivity contribution in [3.05, 3.63) is 34.6 Å². The molecule has 0 aromatic heterocycles.